The first kappa shape index (κ1) is 27.6. The Balaban J connectivity index is 1.67. The second-order valence-electron chi connectivity index (χ2n) is 8.72. The van der Waals surface area contributed by atoms with Gasteiger partial charge in [0, 0.05) is 17.8 Å². The second kappa shape index (κ2) is 11.9. The Hall–Kier alpha value is -5.47. The van der Waals surface area contributed by atoms with Crippen LogP contribution in [0.25, 0.3) is 0 Å². The zero-order valence-electron chi connectivity index (χ0n) is 20.7. The fourth-order valence-electron chi connectivity index (χ4n) is 4.15. The number of benzene rings is 3. The molecule has 15 nitrogen and oxygen atoms in total. The van der Waals surface area contributed by atoms with Crippen LogP contribution in [0.4, 0.5) is 22.7 Å². The van der Waals surface area contributed by atoms with Crippen molar-refractivity contribution in [2.75, 3.05) is 0 Å². The van der Waals surface area contributed by atoms with Crippen LogP contribution in [-0.4, -0.2) is 37.7 Å². The number of nitro benzene ring substituents is 4. The molecule has 0 fully saturated rings. The van der Waals surface area contributed by atoms with Gasteiger partial charge in [0.25, 0.3) is 17.7 Å². The molecular formula is C25H21N5O10. The van der Waals surface area contributed by atoms with E-state index in [9.17, 15) is 40.5 Å². The van der Waals surface area contributed by atoms with Gasteiger partial charge in [0.1, 0.15) is 6.04 Å². The number of hydrogen-bond acceptors (Lipinski definition) is 11. The lowest BCUT2D eigenvalue weighted by Gasteiger charge is -2.23. The van der Waals surface area contributed by atoms with Gasteiger partial charge in [-0.15, -0.1) is 0 Å². The Morgan fingerprint density at radius 2 is 1.25 bits per heavy atom. The monoisotopic (exact) mass is 551 g/mol. The van der Waals surface area contributed by atoms with E-state index in [4.69, 9.17) is 9.47 Å². The molecule has 206 valence electrons. The molecule has 0 aromatic heterocycles. The number of ether oxygens (including phenoxy) is 2. The Labute approximate surface area is 225 Å². The molecule has 0 bridgehead atoms. The van der Waals surface area contributed by atoms with Gasteiger partial charge in [-0.25, -0.2) is 0 Å². The molecule has 1 aliphatic heterocycles. The molecule has 0 aliphatic carbocycles. The van der Waals surface area contributed by atoms with Gasteiger partial charge < -0.3 is 9.47 Å². The number of non-ortho nitro benzene ring substituents is 2. The van der Waals surface area contributed by atoms with Crippen LogP contribution < -0.4 is 9.47 Å². The minimum absolute atomic E-state index is 0.377. The average molecular weight is 551 g/mol. The van der Waals surface area contributed by atoms with Gasteiger partial charge in [0.2, 0.25) is 11.5 Å². The average Bonchev–Trinajstić information content (AvgIpc) is 3.41. The number of hydrogen-bond donors (Lipinski definition) is 0. The lowest BCUT2D eigenvalue weighted by Crippen LogP contribution is -2.35. The van der Waals surface area contributed by atoms with Crippen LogP contribution in [0, 0.1) is 40.5 Å². The first-order chi connectivity index (χ1) is 19.1. The van der Waals surface area contributed by atoms with Gasteiger partial charge >= 0.3 is 11.4 Å². The van der Waals surface area contributed by atoms with E-state index in [0.717, 1.165) is 47.7 Å². The Bertz CT molecular complexity index is 1420. The maximum atomic E-state index is 11.7. The van der Waals surface area contributed by atoms with E-state index in [2.05, 4.69) is 4.99 Å². The van der Waals surface area contributed by atoms with Crippen molar-refractivity contribution in [1.82, 2.24) is 0 Å². The van der Waals surface area contributed by atoms with E-state index < -0.39 is 54.8 Å². The van der Waals surface area contributed by atoms with Crippen molar-refractivity contribution in [3.8, 4) is 11.5 Å². The number of aliphatic imine (C=N–C) groups is 1. The molecule has 15 heteroatoms. The van der Waals surface area contributed by atoms with E-state index in [-0.39, 0.29) is 11.5 Å². The fraction of sp³-hybridized carbons (Fsp3) is 0.240. The van der Waals surface area contributed by atoms with Crippen molar-refractivity contribution in [2.45, 2.75) is 38.0 Å². The van der Waals surface area contributed by atoms with Crippen LogP contribution in [0.5, 0.6) is 11.5 Å². The summed E-state index contributed by atoms with van der Waals surface area (Å²) in [5, 5.41) is 45.6. The Kier molecular flexibility index (Phi) is 8.22. The third-order valence-electron chi connectivity index (χ3n) is 6.12. The van der Waals surface area contributed by atoms with E-state index in [0.29, 0.717) is 25.7 Å². The molecule has 1 aliphatic rings. The predicted octanol–water partition coefficient (Wildman–Crippen LogP) is 5.34. The molecular weight excluding hydrogens is 530 g/mol. The minimum Gasteiger partial charge on any atom is -0.445 e. The summed E-state index contributed by atoms with van der Waals surface area (Å²) in [5.74, 6) is -0.754. The molecule has 0 radical (unpaired) electrons. The van der Waals surface area contributed by atoms with Crippen LogP contribution in [0.3, 0.4) is 0 Å². The highest BCUT2D eigenvalue weighted by molar-refractivity contribution is 5.86. The summed E-state index contributed by atoms with van der Waals surface area (Å²) in [4.78, 5) is 46.9. The summed E-state index contributed by atoms with van der Waals surface area (Å²) in [6.45, 7) is 0. The summed E-state index contributed by atoms with van der Waals surface area (Å²) in [6, 6.07) is 14.5. The van der Waals surface area contributed by atoms with E-state index in [1.165, 1.54) is 0 Å². The van der Waals surface area contributed by atoms with Gasteiger partial charge in [-0.1, -0.05) is 30.3 Å². The summed E-state index contributed by atoms with van der Waals surface area (Å²) >= 11 is 0. The highest BCUT2D eigenvalue weighted by Crippen LogP contribution is 2.37. The van der Waals surface area contributed by atoms with Crippen molar-refractivity contribution in [1.29, 1.82) is 0 Å². The zero-order chi connectivity index (χ0) is 28.8. The van der Waals surface area contributed by atoms with Gasteiger partial charge in [0.15, 0.2) is 0 Å². The van der Waals surface area contributed by atoms with Crippen LogP contribution in [0.2, 0.25) is 0 Å². The van der Waals surface area contributed by atoms with Crippen LogP contribution >= 0.6 is 0 Å². The highest BCUT2D eigenvalue weighted by atomic mass is 16.7. The number of aryl methyl sites for hydroxylation is 1. The van der Waals surface area contributed by atoms with Crippen LogP contribution in [0.1, 0.15) is 24.8 Å². The van der Waals surface area contributed by atoms with Crippen molar-refractivity contribution in [3.63, 3.8) is 0 Å². The standard InChI is InChI=1S/C25H21N5O10/c31-27(32)18-9-12-23(21(14-18)29(35)36)39-25(40-24-13-10-19(28(33)34)15-22(24)30(37)38)20-11-8-17(26-20)7-6-16-4-2-1-3-5-16/h1-5,9-10,12-15,20,25H,6-8,11H2. The number of nitrogens with zero attached hydrogens (tertiary/aromatic N) is 5. The summed E-state index contributed by atoms with van der Waals surface area (Å²) in [7, 11) is 0. The normalized spacial score (nSPS) is 14.4. The summed E-state index contributed by atoms with van der Waals surface area (Å²) < 4.78 is 11.6. The molecule has 0 saturated carbocycles. The number of rotatable bonds is 12. The molecule has 0 N–H and O–H groups in total. The van der Waals surface area contributed by atoms with Crippen molar-refractivity contribution < 1.29 is 29.2 Å². The van der Waals surface area contributed by atoms with Gasteiger partial charge in [0.05, 0.1) is 31.8 Å². The Morgan fingerprint density at radius 1 is 0.725 bits per heavy atom. The lowest BCUT2D eigenvalue weighted by atomic mass is 10.1. The smallest absolute Gasteiger partial charge is 0.317 e. The van der Waals surface area contributed by atoms with Gasteiger partial charge in [-0.05, 0) is 43.4 Å². The molecule has 0 saturated heterocycles. The molecule has 3 aromatic rings. The molecule has 3 aromatic carbocycles. The van der Waals surface area contributed by atoms with Gasteiger partial charge in [-0.2, -0.15) is 0 Å². The van der Waals surface area contributed by atoms with Crippen molar-refractivity contribution in [2.24, 2.45) is 4.99 Å². The molecule has 1 unspecified atom stereocenters. The topological polar surface area (TPSA) is 203 Å². The van der Waals surface area contributed by atoms with Crippen LogP contribution in [-0.2, 0) is 6.42 Å². The fourth-order valence-corrected chi connectivity index (χ4v) is 4.15. The SMILES string of the molecule is O=[N+]([O-])c1ccc(OC(Oc2ccc([N+](=O)[O-])cc2[N+](=O)[O-])C2CCC(CCc3ccccc3)=N2)c([N+](=O)[O-])c1. The predicted molar refractivity (Wildman–Crippen MR) is 140 cm³/mol. The third-order valence-corrected chi connectivity index (χ3v) is 6.12. The van der Waals surface area contributed by atoms with E-state index in [1.54, 1.807) is 0 Å². The molecule has 40 heavy (non-hydrogen) atoms. The molecule has 0 amide bonds. The summed E-state index contributed by atoms with van der Waals surface area (Å²) in [6.07, 6.45) is 0.819. The molecule has 1 heterocycles. The van der Waals surface area contributed by atoms with Crippen molar-refractivity contribution in [3.05, 3.63) is 113 Å². The maximum Gasteiger partial charge on any atom is 0.317 e. The van der Waals surface area contributed by atoms with Crippen molar-refractivity contribution >= 4 is 28.5 Å². The quantitative estimate of drug-likeness (QED) is 0.160. The largest absolute Gasteiger partial charge is 0.445 e. The Morgan fingerprint density at radius 3 is 1.73 bits per heavy atom. The van der Waals surface area contributed by atoms with Gasteiger partial charge in [-0.3, -0.25) is 45.4 Å². The molecule has 0 spiro atoms. The lowest BCUT2D eigenvalue weighted by molar-refractivity contribution is -0.395. The number of nitro groups is 4. The highest BCUT2D eigenvalue weighted by Gasteiger charge is 2.34. The second-order valence-corrected chi connectivity index (χ2v) is 8.72. The zero-order valence-corrected chi connectivity index (χ0v) is 20.7. The summed E-state index contributed by atoms with van der Waals surface area (Å²) in [5.41, 5.74) is -0.586. The first-order valence-electron chi connectivity index (χ1n) is 11.9. The maximum absolute atomic E-state index is 11.7. The molecule has 1 atom stereocenters. The first-order valence-corrected chi connectivity index (χ1v) is 11.9. The van der Waals surface area contributed by atoms with Crippen LogP contribution in [0.15, 0.2) is 71.7 Å². The third kappa shape index (κ3) is 6.50. The van der Waals surface area contributed by atoms with E-state index >= 15 is 0 Å². The minimum atomic E-state index is -1.44. The van der Waals surface area contributed by atoms with E-state index in [1.807, 2.05) is 30.3 Å². The molecule has 4 rings (SSSR count).